The Kier molecular flexibility index (Phi) is 8.03. The number of benzene rings is 2. The maximum absolute atomic E-state index is 12.8. The fourth-order valence-electron chi connectivity index (χ4n) is 5.02. The van der Waals surface area contributed by atoms with Crippen molar-refractivity contribution in [3.05, 3.63) is 65.7 Å². The van der Waals surface area contributed by atoms with E-state index in [-0.39, 0.29) is 5.72 Å². The fraction of sp³-hybridized carbons (Fsp3) is 0.538. The summed E-state index contributed by atoms with van der Waals surface area (Å²) in [5.74, 6) is 0.563. The molecule has 7 heteroatoms. The minimum absolute atomic E-state index is 0.279. The number of anilines is 1. The molecular weight excluding hydrogens is 493 g/mol. The molecule has 4 rings (SSSR count). The molecule has 0 N–H and O–H groups in total. The Morgan fingerprint density at radius 3 is 2.27 bits per heavy atom. The van der Waals surface area contributed by atoms with Crippen molar-refractivity contribution in [3.63, 3.8) is 0 Å². The monoisotopic (exact) mass is 524 g/mol. The van der Waals surface area contributed by atoms with Gasteiger partial charge in [0.15, 0.2) is 0 Å². The number of halogens is 4. The molecule has 0 aliphatic carbocycles. The molecule has 180 valence electrons. The topological polar surface area (TPSA) is 15.7 Å². The van der Waals surface area contributed by atoms with E-state index in [1.807, 2.05) is 18.2 Å². The van der Waals surface area contributed by atoms with Crippen LogP contribution in [0.3, 0.4) is 0 Å². The Bertz CT molecular complexity index is 869. The molecule has 2 saturated heterocycles. The Morgan fingerprint density at radius 2 is 1.64 bits per heavy atom. The van der Waals surface area contributed by atoms with Crippen LogP contribution in [-0.2, 0) is 17.5 Å². The summed E-state index contributed by atoms with van der Waals surface area (Å²) in [4.78, 5) is 4.74. The molecular formula is C26H32BrF3N2O. The summed E-state index contributed by atoms with van der Waals surface area (Å²) in [6.07, 6.45) is 1.17. The van der Waals surface area contributed by atoms with Crippen LogP contribution in [0.1, 0.15) is 43.2 Å². The predicted octanol–water partition coefficient (Wildman–Crippen LogP) is 6.72. The van der Waals surface area contributed by atoms with E-state index in [4.69, 9.17) is 4.74 Å². The lowest BCUT2D eigenvalue weighted by molar-refractivity contribution is -0.171. The molecule has 0 bridgehead atoms. The van der Waals surface area contributed by atoms with E-state index in [0.29, 0.717) is 12.5 Å². The summed E-state index contributed by atoms with van der Waals surface area (Å²) in [7, 11) is 0. The first-order valence-electron chi connectivity index (χ1n) is 11.8. The largest absolute Gasteiger partial charge is 0.416 e. The van der Waals surface area contributed by atoms with Gasteiger partial charge in [-0.25, -0.2) is 0 Å². The lowest BCUT2D eigenvalue weighted by atomic mass is 9.92. The highest BCUT2D eigenvalue weighted by atomic mass is 79.9. The van der Waals surface area contributed by atoms with Crippen molar-refractivity contribution in [3.8, 4) is 0 Å². The Morgan fingerprint density at radius 1 is 0.939 bits per heavy atom. The van der Waals surface area contributed by atoms with Crippen molar-refractivity contribution in [2.24, 2.45) is 5.92 Å². The maximum Gasteiger partial charge on any atom is 0.416 e. The number of hydrogen-bond acceptors (Lipinski definition) is 3. The van der Waals surface area contributed by atoms with Gasteiger partial charge in [0.25, 0.3) is 0 Å². The van der Waals surface area contributed by atoms with Crippen molar-refractivity contribution in [2.75, 3.05) is 36.4 Å². The normalized spacial score (nSPS) is 23.1. The number of hydrogen-bond donors (Lipinski definition) is 0. The van der Waals surface area contributed by atoms with E-state index >= 15 is 0 Å². The van der Waals surface area contributed by atoms with Gasteiger partial charge in [-0.05, 0) is 67.9 Å². The number of ether oxygens (including phenoxy) is 1. The average Bonchev–Trinajstić information content (AvgIpc) is 2.84. The number of nitrogens with zero attached hydrogens (tertiary/aromatic N) is 2. The summed E-state index contributed by atoms with van der Waals surface area (Å²) in [6, 6.07) is 15.9. The molecule has 0 aromatic heterocycles. The lowest BCUT2D eigenvalue weighted by Crippen LogP contribution is -2.57. The lowest BCUT2D eigenvalue weighted by Gasteiger charge is -2.48. The fourth-order valence-corrected chi connectivity index (χ4v) is 5.81. The zero-order valence-corrected chi connectivity index (χ0v) is 20.5. The van der Waals surface area contributed by atoms with Crippen molar-refractivity contribution in [1.29, 1.82) is 0 Å². The van der Waals surface area contributed by atoms with Gasteiger partial charge in [-0.3, -0.25) is 4.90 Å². The quantitative estimate of drug-likeness (QED) is 0.374. The van der Waals surface area contributed by atoms with Crippen LogP contribution in [0.25, 0.3) is 0 Å². The second-order valence-electron chi connectivity index (χ2n) is 9.23. The SMILES string of the molecule is FC(F)(F)c1ccc(N2CCC(CN3CCCCC3(CBr)OCc3ccccc3)CC2)cc1. The molecule has 2 fully saturated rings. The zero-order chi connectivity index (χ0) is 23.3. The molecule has 2 aliphatic heterocycles. The van der Waals surface area contributed by atoms with Gasteiger partial charge in [-0.15, -0.1) is 0 Å². The Hall–Kier alpha value is -1.57. The summed E-state index contributed by atoms with van der Waals surface area (Å²) >= 11 is 3.75. The van der Waals surface area contributed by atoms with E-state index in [2.05, 4.69) is 37.9 Å². The highest BCUT2D eigenvalue weighted by Crippen LogP contribution is 2.35. The van der Waals surface area contributed by atoms with Gasteiger partial charge < -0.3 is 9.64 Å². The Balaban J connectivity index is 1.34. The molecule has 2 aromatic rings. The van der Waals surface area contributed by atoms with Gasteiger partial charge in [0.2, 0.25) is 0 Å². The van der Waals surface area contributed by atoms with E-state index in [9.17, 15) is 13.2 Å². The average molecular weight is 525 g/mol. The van der Waals surface area contributed by atoms with Gasteiger partial charge in [0, 0.05) is 37.2 Å². The molecule has 3 nitrogen and oxygen atoms in total. The molecule has 1 unspecified atom stereocenters. The van der Waals surface area contributed by atoms with Crippen LogP contribution in [0.4, 0.5) is 18.9 Å². The number of alkyl halides is 4. The molecule has 0 amide bonds. The van der Waals surface area contributed by atoms with Crippen LogP contribution in [-0.4, -0.2) is 42.1 Å². The molecule has 0 radical (unpaired) electrons. The summed E-state index contributed by atoms with van der Waals surface area (Å²) < 4.78 is 45.1. The van der Waals surface area contributed by atoms with Gasteiger partial charge in [0.1, 0.15) is 5.72 Å². The highest BCUT2D eigenvalue weighted by Gasteiger charge is 2.40. The third kappa shape index (κ3) is 6.11. The van der Waals surface area contributed by atoms with Crippen molar-refractivity contribution in [2.45, 2.75) is 50.6 Å². The maximum atomic E-state index is 12.8. The molecule has 0 spiro atoms. The molecule has 2 aromatic carbocycles. The third-order valence-electron chi connectivity index (χ3n) is 7.03. The minimum Gasteiger partial charge on any atom is -0.372 e. The van der Waals surface area contributed by atoms with Crippen molar-refractivity contribution in [1.82, 2.24) is 4.90 Å². The number of piperidine rings is 2. The molecule has 0 saturated carbocycles. The first-order valence-corrected chi connectivity index (χ1v) is 12.9. The molecule has 33 heavy (non-hydrogen) atoms. The van der Waals surface area contributed by atoms with E-state index in [0.717, 1.165) is 56.5 Å². The summed E-state index contributed by atoms with van der Waals surface area (Å²) in [5, 5.41) is 0.789. The smallest absolute Gasteiger partial charge is 0.372 e. The second-order valence-corrected chi connectivity index (χ2v) is 9.79. The molecule has 2 heterocycles. The first-order chi connectivity index (χ1) is 15.9. The van der Waals surface area contributed by atoms with Crippen LogP contribution in [0.2, 0.25) is 0 Å². The Labute approximate surface area is 203 Å². The predicted molar refractivity (Wildman–Crippen MR) is 130 cm³/mol. The van der Waals surface area contributed by atoms with Crippen LogP contribution in [0.5, 0.6) is 0 Å². The van der Waals surface area contributed by atoms with Crippen LogP contribution in [0.15, 0.2) is 54.6 Å². The van der Waals surface area contributed by atoms with Crippen molar-refractivity contribution >= 4 is 21.6 Å². The van der Waals surface area contributed by atoms with Gasteiger partial charge in [-0.1, -0.05) is 46.3 Å². The first kappa shape index (κ1) is 24.6. The zero-order valence-electron chi connectivity index (χ0n) is 18.9. The second kappa shape index (κ2) is 10.8. The molecule has 2 aliphatic rings. The summed E-state index contributed by atoms with van der Waals surface area (Å²) in [5.41, 5.74) is 1.19. The third-order valence-corrected chi connectivity index (χ3v) is 7.91. The van der Waals surface area contributed by atoms with Gasteiger partial charge in [-0.2, -0.15) is 13.2 Å². The van der Waals surface area contributed by atoms with Gasteiger partial charge >= 0.3 is 6.18 Å². The van der Waals surface area contributed by atoms with Crippen molar-refractivity contribution < 1.29 is 17.9 Å². The van der Waals surface area contributed by atoms with Crippen LogP contribution >= 0.6 is 15.9 Å². The van der Waals surface area contributed by atoms with E-state index in [1.165, 1.54) is 30.5 Å². The van der Waals surface area contributed by atoms with E-state index in [1.54, 1.807) is 12.1 Å². The van der Waals surface area contributed by atoms with Crippen LogP contribution in [0, 0.1) is 5.92 Å². The van der Waals surface area contributed by atoms with Crippen LogP contribution < -0.4 is 4.90 Å². The number of likely N-dealkylation sites (tertiary alicyclic amines) is 1. The van der Waals surface area contributed by atoms with Gasteiger partial charge in [0.05, 0.1) is 12.2 Å². The number of rotatable bonds is 7. The highest BCUT2D eigenvalue weighted by molar-refractivity contribution is 9.09. The van der Waals surface area contributed by atoms with E-state index < -0.39 is 11.7 Å². The standard InChI is InChI=1S/C26H32BrF3N2O/c27-20-25(33-19-22-6-2-1-3-7-22)14-4-5-15-32(25)18-21-12-16-31(17-13-21)24-10-8-23(9-11-24)26(28,29)30/h1-3,6-11,21H,4-5,12-20H2. The summed E-state index contributed by atoms with van der Waals surface area (Å²) in [6.45, 7) is 4.39. The minimum atomic E-state index is -4.29. The molecule has 1 atom stereocenters.